The van der Waals surface area contributed by atoms with Gasteiger partial charge >= 0.3 is 0 Å². The molecule has 0 unspecified atom stereocenters. The summed E-state index contributed by atoms with van der Waals surface area (Å²) in [6.45, 7) is 2.23. The lowest BCUT2D eigenvalue weighted by molar-refractivity contribution is 0.461. The predicted molar refractivity (Wildman–Crippen MR) is 136 cm³/mol. The van der Waals surface area contributed by atoms with Crippen LogP contribution in [0.4, 0.5) is 0 Å². The molecule has 0 spiro atoms. The first-order chi connectivity index (χ1) is 12.9. The van der Waals surface area contributed by atoms with Crippen LogP contribution in [0.3, 0.4) is 0 Å². The predicted octanol–water partition coefficient (Wildman–Crippen LogP) is 7.32. The number of phenols is 1. The van der Waals surface area contributed by atoms with E-state index in [1.54, 1.807) is 0 Å². The Hall–Kier alpha value is -0.100. The van der Waals surface area contributed by atoms with E-state index in [0.717, 1.165) is 32.9 Å². The molecule has 0 saturated heterocycles. The molecule has 0 aromatic heterocycles. The zero-order valence-electron chi connectivity index (χ0n) is 15.1. The number of unbranched alkanes of at least 4 members (excludes halogenated alkanes) is 5. The Bertz CT molecular complexity index is 994. The summed E-state index contributed by atoms with van der Waals surface area (Å²) in [6.07, 6.45) is 8.26. The molecular weight excluding hydrogens is 681 g/mol. The number of phenolic OH excluding ortho intramolecular Hbond substituents is 1. The van der Waals surface area contributed by atoms with Gasteiger partial charge in [0.25, 0.3) is 0 Å². The van der Waals surface area contributed by atoms with Crippen LogP contribution < -0.4 is 5.43 Å². The van der Waals surface area contributed by atoms with Crippen LogP contribution in [-0.4, -0.2) is 5.11 Å². The van der Waals surface area contributed by atoms with Gasteiger partial charge in [-0.05, 0) is 104 Å². The molecule has 0 amide bonds. The van der Waals surface area contributed by atoms with Crippen molar-refractivity contribution in [2.24, 2.45) is 0 Å². The van der Waals surface area contributed by atoms with Gasteiger partial charge in [0.1, 0.15) is 9.32 Å². The van der Waals surface area contributed by atoms with Crippen molar-refractivity contribution >= 4 is 78.7 Å². The Balaban J connectivity index is 1.95. The number of hydrogen-bond donors (Lipinski definition) is 1. The third-order valence-corrected chi connectivity index (χ3v) is 7.56. The van der Waals surface area contributed by atoms with Crippen LogP contribution >= 0.6 is 67.8 Å². The van der Waals surface area contributed by atoms with Crippen LogP contribution in [0.2, 0.25) is 0 Å². The molecule has 6 heteroatoms. The molecule has 1 aromatic rings. The molecule has 0 bridgehead atoms. The van der Waals surface area contributed by atoms with E-state index < -0.39 is 0 Å². The first kappa shape index (κ1) is 21.6. The van der Waals surface area contributed by atoms with Crippen LogP contribution in [0.15, 0.2) is 27.4 Å². The summed E-state index contributed by atoms with van der Waals surface area (Å²) in [5.41, 5.74) is 2.53. The van der Waals surface area contributed by atoms with Crippen LogP contribution in [0, 0.1) is 10.7 Å². The number of aromatic hydroxyl groups is 1. The number of rotatable bonds is 7. The molecule has 1 aliphatic carbocycles. The molecule has 1 N–H and O–H groups in total. The van der Waals surface area contributed by atoms with Crippen molar-refractivity contribution in [2.45, 2.75) is 51.9 Å². The van der Waals surface area contributed by atoms with Crippen LogP contribution in [0.25, 0.3) is 22.3 Å². The van der Waals surface area contributed by atoms with Crippen molar-refractivity contribution in [3.63, 3.8) is 0 Å². The monoisotopic (exact) mass is 702 g/mol. The summed E-state index contributed by atoms with van der Waals surface area (Å²) in [5.74, 6) is 0.900. The first-order valence-corrected chi connectivity index (χ1v) is 12.4. The van der Waals surface area contributed by atoms with Crippen molar-refractivity contribution in [3.05, 3.63) is 44.7 Å². The van der Waals surface area contributed by atoms with E-state index in [1.165, 1.54) is 32.1 Å². The summed E-state index contributed by atoms with van der Waals surface area (Å²) >= 11 is 6.26. The maximum Gasteiger partial charge on any atom is 0.209 e. The molecular formula is C21H21I3O3. The average Bonchev–Trinajstić information content (AvgIpc) is 2.65. The molecule has 1 aliphatic heterocycles. The summed E-state index contributed by atoms with van der Waals surface area (Å²) in [7, 11) is 0. The van der Waals surface area contributed by atoms with Crippen molar-refractivity contribution in [3.8, 4) is 17.1 Å². The maximum absolute atomic E-state index is 12.2. The van der Waals surface area contributed by atoms with Crippen molar-refractivity contribution in [2.75, 3.05) is 0 Å². The van der Waals surface area contributed by atoms with E-state index in [4.69, 9.17) is 4.42 Å². The van der Waals surface area contributed by atoms with Gasteiger partial charge in [0.05, 0.1) is 7.14 Å². The number of benzene rings is 2. The zero-order valence-corrected chi connectivity index (χ0v) is 21.6. The van der Waals surface area contributed by atoms with Gasteiger partial charge in [-0.3, -0.25) is 4.79 Å². The second-order valence-corrected chi connectivity index (χ2v) is 10.1. The molecule has 0 saturated carbocycles. The van der Waals surface area contributed by atoms with Crippen LogP contribution in [-0.2, 0) is 6.42 Å². The van der Waals surface area contributed by atoms with E-state index in [9.17, 15) is 9.90 Å². The van der Waals surface area contributed by atoms with Gasteiger partial charge in [0.2, 0.25) is 5.43 Å². The van der Waals surface area contributed by atoms with Gasteiger partial charge in [-0.25, -0.2) is 0 Å². The smallest absolute Gasteiger partial charge is 0.209 e. The molecule has 1 heterocycles. The highest BCUT2D eigenvalue weighted by molar-refractivity contribution is 14.1. The lowest BCUT2D eigenvalue weighted by atomic mass is 10.0. The fraction of sp³-hybridized carbons (Fsp3) is 0.381. The minimum Gasteiger partial charge on any atom is -0.506 e. The van der Waals surface area contributed by atoms with Gasteiger partial charge < -0.3 is 9.52 Å². The highest BCUT2D eigenvalue weighted by atomic mass is 127. The maximum atomic E-state index is 12.2. The summed E-state index contributed by atoms with van der Waals surface area (Å²) in [5, 5.41) is 11.6. The number of hydrogen-bond acceptors (Lipinski definition) is 3. The van der Waals surface area contributed by atoms with Gasteiger partial charge in [-0.15, -0.1) is 0 Å². The standard InChI is InChI=1S/C21H21I3O3/c1-2-3-4-5-6-7-8-12-9-13-10-14-11-15(22)19(26)17(24)21(14)27-20(13)16(23)18(12)25/h9-11,25H,2-8H2,1H3. The quantitative estimate of drug-likeness (QED) is 0.160. The third-order valence-electron chi connectivity index (χ3n) is 4.78. The molecule has 0 radical (unpaired) electrons. The molecule has 3 rings (SSSR count). The van der Waals surface area contributed by atoms with Crippen LogP contribution in [0.5, 0.6) is 5.75 Å². The van der Waals surface area contributed by atoms with E-state index >= 15 is 0 Å². The fourth-order valence-electron chi connectivity index (χ4n) is 3.28. The Morgan fingerprint density at radius 1 is 0.963 bits per heavy atom. The first-order valence-electron chi connectivity index (χ1n) is 9.20. The summed E-state index contributed by atoms with van der Waals surface area (Å²) < 4.78 is 8.07. The van der Waals surface area contributed by atoms with Crippen molar-refractivity contribution < 1.29 is 9.52 Å². The van der Waals surface area contributed by atoms with Gasteiger partial charge in [-0.1, -0.05) is 39.0 Å². The Morgan fingerprint density at radius 3 is 2.41 bits per heavy atom. The average molecular weight is 702 g/mol. The van der Waals surface area contributed by atoms with E-state index in [1.807, 2.05) is 34.7 Å². The molecule has 0 atom stereocenters. The molecule has 3 nitrogen and oxygen atoms in total. The Labute approximate surface area is 200 Å². The number of halogens is 3. The highest BCUT2D eigenvalue weighted by Gasteiger charge is 2.19. The second kappa shape index (κ2) is 9.60. The van der Waals surface area contributed by atoms with Crippen LogP contribution in [0.1, 0.15) is 51.0 Å². The minimum absolute atomic E-state index is 0.00859. The minimum atomic E-state index is -0.00859. The van der Waals surface area contributed by atoms with E-state index in [2.05, 4.69) is 58.2 Å². The Morgan fingerprint density at radius 2 is 1.67 bits per heavy atom. The zero-order chi connectivity index (χ0) is 19.6. The highest BCUT2D eigenvalue weighted by Crippen LogP contribution is 2.38. The summed E-state index contributed by atoms with van der Waals surface area (Å²) in [4.78, 5) is 12.2. The second-order valence-electron chi connectivity index (χ2n) is 6.80. The van der Waals surface area contributed by atoms with E-state index in [0.29, 0.717) is 24.2 Å². The largest absolute Gasteiger partial charge is 0.506 e. The lowest BCUT2D eigenvalue weighted by Gasteiger charge is -2.14. The van der Waals surface area contributed by atoms with Gasteiger partial charge in [-0.2, -0.15) is 0 Å². The lowest BCUT2D eigenvalue weighted by Crippen LogP contribution is -2.11. The normalized spacial score (nSPS) is 11.6. The third kappa shape index (κ3) is 4.73. The van der Waals surface area contributed by atoms with Gasteiger partial charge in [0.15, 0.2) is 11.3 Å². The van der Waals surface area contributed by atoms with Crippen molar-refractivity contribution in [1.29, 1.82) is 0 Å². The SMILES string of the molecule is CCCCCCCCc1cc2cc3cc(I)c(=O)c(I)c-3oc2c(I)c1O. The van der Waals surface area contributed by atoms with Crippen molar-refractivity contribution in [1.82, 2.24) is 0 Å². The molecule has 27 heavy (non-hydrogen) atoms. The number of aryl methyl sites for hydroxylation is 1. The van der Waals surface area contributed by atoms with E-state index in [-0.39, 0.29) is 5.43 Å². The molecule has 2 aliphatic rings. The Kier molecular flexibility index (Phi) is 7.68. The van der Waals surface area contributed by atoms with Gasteiger partial charge in [0, 0.05) is 10.9 Å². The summed E-state index contributed by atoms with van der Waals surface area (Å²) in [6, 6.07) is 5.97. The molecule has 144 valence electrons. The molecule has 1 aromatic carbocycles. The molecule has 0 fully saturated rings. The number of fused-ring (bicyclic) bond motifs is 2. The fourth-order valence-corrected chi connectivity index (χ4v) is 5.88. The topological polar surface area (TPSA) is 50.4 Å².